The molecule has 100 valence electrons. The minimum atomic E-state index is -2.48. The van der Waals surface area contributed by atoms with E-state index in [9.17, 15) is 4.55 Å². The van der Waals surface area contributed by atoms with Gasteiger partial charge in [0.05, 0.1) is 6.07 Å². The maximum Gasteiger partial charge on any atom is 0.136 e. The second-order valence-electron chi connectivity index (χ2n) is 4.83. The Hall–Kier alpha value is -1.96. The molecule has 0 saturated heterocycles. The van der Waals surface area contributed by atoms with Crippen molar-refractivity contribution in [2.75, 3.05) is 5.75 Å². The molecule has 0 amide bonds. The van der Waals surface area contributed by atoms with Crippen LogP contribution in [0.25, 0.3) is 0 Å². The first-order valence-corrected chi connectivity index (χ1v) is 8.17. The molecule has 0 aliphatic carbocycles. The van der Waals surface area contributed by atoms with E-state index in [2.05, 4.69) is 10.4 Å². The molecular formula is C16H14N2OS. The zero-order chi connectivity index (χ0) is 14.0. The van der Waals surface area contributed by atoms with E-state index in [0.29, 0.717) is 12.2 Å². The molecule has 1 aliphatic heterocycles. The van der Waals surface area contributed by atoms with Crippen LogP contribution < -0.4 is 0 Å². The Morgan fingerprint density at radius 3 is 2.60 bits per heavy atom. The van der Waals surface area contributed by atoms with Crippen LogP contribution in [0.3, 0.4) is 0 Å². The lowest BCUT2D eigenvalue weighted by molar-refractivity contribution is 0.573. The van der Waals surface area contributed by atoms with Crippen LogP contribution in [-0.2, 0) is 10.1 Å². The van der Waals surface area contributed by atoms with Gasteiger partial charge < -0.3 is 4.55 Å². The molecule has 1 heterocycles. The van der Waals surface area contributed by atoms with Gasteiger partial charge >= 0.3 is 0 Å². The number of fused-ring (bicyclic) bond motifs is 1. The first kappa shape index (κ1) is 13.0. The van der Waals surface area contributed by atoms with Crippen molar-refractivity contribution < 1.29 is 4.55 Å². The van der Waals surface area contributed by atoms with Gasteiger partial charge in [-0.05, 0) is 33.9 Å². The highest BCUT2D eigenvalue weighted by molar-refractivity contribution is 8.00. The Balaban J connectivity index is 2.15. The highest BCUT2D eigenvalue weighted by atomic mass is 32.3. The van der Waals surface area contributed by atoms with E-state index >= 15 is 0 Å². The van der Waals surface area contributed by atoms with Crippen LogP contribution in [0.4, 0.5) is 5.69 Å². The average molecular weight is 282 g/mol. The molecule has 1 aliphatic rings. The summed E-state index contributed by atoms with van der Waals surface area (Å²) < 4.78 is 17.7. The van der Waals surface area contributed by atoms with Gasteiger partial charge in [-0.25, -0.2) is 0 Å². The lowest BCUT2D eigenvalue weighted by Crippen LogP contribution is -2.24. The molecule has 20 heavy (non-hydrogen) atoms. The lowest BCUT2D eigenvalue weighted by Gasteiger charge is -2.30. The summed E-state index contributed by atoms with van der Waals surface area (Å²) in [5, 5.41) is 9.01. The van der Waals surface area contributed by atoms with Crippen molar-refractivity contribution in [2.24, 2.45) is 4.36 Å². The second-order valence-corrected chi connectivity index (χ2v) is 7.10. The standard InChI is InChI=1S/C16H14N2OS/c17-11-10-13-12-20(19,14-6-2-1-3-7-14)18-16-9-5-4-8-15(13)16/h1-9,13H,10,12H2/t13-,20?/m0/s1. The van der Waals surface area contributed by atoms with Crippen molar-refractivity contribution >= 4 is 15.8 Å². The topological polar surface area (TPSA) is 59.2 Å². The first-order chi connectivity index (χ1) is 9.73. The zero-order valence-corrected chi connectivity index (χ0v) is 11.7. The Kier molecular flexibility index (Phi) is 3.39. The molecule has 0 N–H and O–H groups in total. The van der Waals surface area contributed by atoms with E-state index in [1.807, 2.05) is 54.6 Å². The van der Waals surface area contributed by atoms with Crippen molar-refractivity contribution in [1.29, 1.82) is 5.26 Å². The predicted octanol–water partition coefficient (Wildman–Crippen LogP) is 3.86. The SMILES string of the molecule is N#CC[C@H]1C[S+]([O-])(c2ccccc2)=Nc2ccccc21. The third kappa shape index (κ3) is 2.26. The molecule has 0 saturated carbocycles. The molecule has 3 rings (SSSR count). The van der Waals surface area contributed by atoms with Gasteiger partial charge in [0.25, 0.3) is 0 Å². The summed E-state index contributed by atoms with van der Waals surface area (Å²) in [6.07, 6.45) is 0.371. The van der Waals surface area contributed by atoms with Crippen LogP contribution in [0.1, 0.15) is 17.9 Å². The minimum absolute atomic E-state index is 0.0126. The number of hydrogen-bond donors (Lipinski definition) is 0. The van der Waals surface area contributed by atoms with Crippen molar-refractivity contribution in [1.82, 2.24) is 0 Å². The number of hydrogen-bond acceptors (Lipinski definition) is 3. The number of benzene rings is 2. The predicted molar refractivity (Wildman–Crippen MR) is 79.2 cm³/mol. The van der Waals surface area contributed by atoms with E-state index in [1.54, 1.807) is 0 Å². The molecule has 0 aromatic heterocycles. The molecule has 4 heteroatoms. The molecule has 0 fully saturated rings. The quantitative estimate of drug-likeness (QED) is 0.785. The number of nitriles is 1. The normalized spacial score (nSPS) is 24.3. The maximum absolute atomic E-state index is 13.2. The summed E-state index contributed by atoms with van der Waals surface area (Å²) in [5.74, 6) is 0.406. The average Bonchev–Trinajstić information content (AvgIpc) is 2.48. The van der Waals surface area contributed by atoms with Gasteiger partial charge in [0.1, 0.15) is 16.3 Å². The fourth-order valence-corrected chi connectivity index (χ4v) is 4.82. The highest BCUT2D eigenvalue weighted by Crippen LogP contribution is 2.40. The summed E-state index contributed by atoms with van der Waals surface area (Å²) in [7, 11) is -2.48. The van der Waals surface area contributed by atoms with Crippen molar-refractivity contribution in [3.05, 3.63) is 60.2 Å². The largest absolute Gasteiger partial charge is 0.626 e. The summed E-state index contributed by atoms with van der Waals surface area (Å²) in [4.78, 5) is 0.748. The van der Waals surface area contributed by atoms with Crippen molar-refractivity contribution in [3.63, 3.8) is 0 Å². The third-order valence-corrected chi connectivity index (χ3v) is 5.85. The fraction of sp³-hybridized carbons (Fsp3) is 0.188. The molecule has 2 aromatic rings. The van der Waals surface area contributed by atoms with Gasteiger partial charge in [-0.3, -0.25) is 0 Å². The van der Waals surface area contributed by atoms with Gasteiger partial charge in [0.15, 0.2) is 0 Å². The molecule has 1 unspecified atom stereocenters. The Morgan fingerprint density at radius 2 is 1.85 bits per heavy atom. The van der Waals surface area contributed by atoms with Gasteiger partial charge in [0.2, 0.25) is 0 Å². The fourth-order valence-electron chi connectivity index (χ4n) is 2.54. The monoisotopic (exact) mass is 282 g/mol. The van der Waals surface area contributed by atoms with Crippen LogP contribution in [0.15, 0.2) is 63.9 Å². The van der Waals surface area contributed by atoms with Gasteiger partial charge in [-0.2, -0.15) is 5.26 Å². The van der Waals surface area contributed by atoms with Crippen LogP contribution in [0.2, 0.25) is 0 Å². The highest BCUT2D eigenvalue weighted by Gasteiger charge is 2.31. The minimum Gasteiger partial charge on any atom is -0.626 e. The Labute approximate surface area is 119 Å². The third-order valence-electron chi connectivity index (χ3n) is 3.50. The second kappa shape index (κ2) is 5.20. The first-order valence-electron chi connectivity index (χ1n) is 6.49. The van der Waals surface area contributed by atoms with Gasteiger partial charge in [-0.15, -0.1) is 4.36 Å². The zero-order valence-electron chi connectivity index (χ0n) is 10.9. The van der Waals surface area contributed by atoms with E-state index < -0.39 is 10.1 Å². The van der Waals surface area contributed by atoms with E-state index in [-0.39, 0.29) is 5.92 Å². The molecular weight excluding hydrogens is 268 g/mol. The van der Waals surface area contributed by atoms with Crippen molar-refractivity contribution in [3.8, 4) is 6.07 Å². The molecule has 2 aromatic carbocycles. The van der Waals surface area contributed by atoms with E-state index in [1.165, 1.54) is 0 Å². The van der Waals surface area contributed by atoms with Gasteiger partial charge in [-0.1, -0.05) is 36.4 Å². The van der Waals surface area contributed by atoms with E-state index in [0.717, 1.165) is 16.1 Å². The summed E-state index contributed by atoms with van der Waals surface area (Å²) in [6, 6.07) is 19.2. The molecule has 0 spiro atoms. The Bertz CT molecular complexity index is 719. The summed E-state index contributed by atoms with van der Waals surface area (Å²) in [6.45, 7) is 0. The van der Waals surface area contributed by atoms with Crippen LogP contribution in [0.5, 0.6) is 0 Å². The molecule has 2 atom stereocenters. The van der Waals surface area contributed by atoms with Crippen LogP contribution >= 0.6 is 0 Å². The lowest BCUT2D eigenvalue weighted by atomic mass is 9.96. The summed E-state index contributed by atoms with van der Waals surface area (Å²) in [5.41, 5.74) is 1.79. The maximum atomic E-state index is 13.2. The Morgan fingerprint density at radius 1 is 1.15 bits per heavy atom. The van der Waals surface area contributed by atoms with E-state index in [4.69, 9.17) is 5.26 Å². The van der Waals surface area contributed by atoms with Crippen molar-refractivity contribution in [2.45, 2.75) is 17.2 Å². The van der Waals surface area contributed by atoms with Gasteiger partial charge in [0, 0.05) is 12.3 Å². The smallest absolute Gasteiger partial charge is 0.136 e. The summed E-state index contributed by atoms with van der Waals surface area (Å²) >= 11 is 0. The molecule has 0 bridgehead atoms. The van der Waals surface area contributed by atoms with Crippen LogP contribution in [-0.4, -0.2) is 10.3 Å². The number of nitrogens with zero attached hydrogens (tertiary/aromatic N) is 2. The molecule has 3 nitrogen and oxygen atoms in total. The number of rotatable bonds is 2. The molecule has 0 radical (unpaired) electrons. The van der Waals surface area contributed by atoms with Crippen LogP contribution in [0, 0.1) is 11.3 Å².